The van der Waals surface area contributed by atoms with E-state index in [1.165, 1.54) is 0 Å². The molecule has 0 bridgehead atoms. The molecule has 4 heteroatoms. The second-order valence-electron chi connectivity index (χ2n) is 7.09. The van der Waals surface area contributed by atoms with Gasteiger partial charge in [-0.05, 0) is 58.7 Å². The van der Waals surface area contributed by atoms with Crippen LogP contribution >= 0.6 is 0 Å². The van der Waals surface area contributed by atoms with Crippen molar-refractivity contribution in [2.24, 2.45) is 5.92 Å². The molecule has 2 N–H and O–H groups in total. The van der Waals surface area contributed by atoms with E-state index in [4.69, 9.17) is 4.74 Å². The van der Waals surface area contributed by atoms with Crippen molar-refractivity contribution in [1.29, 1.82) is 0 Å². The molecule has 0 spiro atoms. The molecule has 0 radical (unpaired) electrons. The zero-order chi connectivity index (χ0) is 16.2. The minimum absolute atomic E-state index is 0.0891. The molecule has 1 amide bonds. The first-order valence-corrected chi connectivity index (χ1v) is 8.12. The number of amides is 1. The molecular formula is C18H28N2O2. The van der Waals surface area contributed by atoms with E-state index in [1.807, 2.05) is 39.8 Å². The summed E-state index contributed by atoms with van der Waals surface area (Å²) in [5, 5.41) is 6.33. The molecule has 122 valence electrons. The van der Waals surface area contributed by atoms with Crippen LogP contribution in [0.5, 0.6) is 5.75 Å². The molecule has 1 atom stereocenters. The van der Waals surface area contributed by atoms with Crippen LogP contribution in [0.1, 0.15) is 44.7 Å². The van der Waals surface area contributed by atoms with E-state index in [0.717, 1.165) is 42.8 Å². The van der Waals surface area contributed by atoms with Crippen LogP contribution in [0, 0.1) is 12.8 Å². The Bertz CT molecular complexity index is 514. The Morgan fingerprint density at radius 3 is 2.82 bits per heavy atom. The van der Waals surface area contributed by atoms with Gasteiger partial charge in [0.1, 0.15) is 11.4 Å². The maximum atomic E-state index is 12.2. The number of aryl methyl sites for hydroxylation is 1. The highest BCUT2D eigenvalue weighted by Crippen LogP contribution is 2.25. The summed E-state index contributed by atoms with van der Waals surface area (Å²) in [5.74, 6) is 1.08. The summed E-state index contributed by atoms with van der Waals surface area (Å²) in [6.07, 6.45) is 2.04. The smallest absolute Gasteiger partial charge is 0.224 e. The number of carbonyl (C=O) groups excluding carboxylic acids is 1. The summed E-state index contributed by atoms with van der Waals surface area (Å²) in [6.45, 7) is 10.5. The second kappa shape index (κ2) is 7.14. The summed E-state index contributed by atoms with van der Waals surface area (Å²) in [7, 11) is 0. The van der Waals surface area contributed by atoms with Crippen LogP contribution in [0.15, 0.2) is 18.2 Å². The Labute approximate surface area is 133 Å². The van der Waals surface area contributed by atoms with Gasteiger partial charge in [0.2, 0.25) is 5.91 Å². The molecule has 1 saturated heterocycles. The van der Waals surface area contributed by atoms with E-state index in [0.29, 0.717) is 6.54 Å². The van der Waals surface area contributed by atoms with Crippen LogP contribution in [-0.4, -0.2) is 24.6 Å². The lowest BCUT2D eigenvalue weighted by atomic mass is 9.99. The first kappa shape index (κ1) is 16.8. The number of benzene rings is 1. The minimum Gasteiger partial charge on any atom is -0.488 e. The molecule has 1 aliphatic heterocycles. The Kier molecular flexibility index (Phi) is 5.46. The van der Waals surface area contributed by atoms with Gasteiger partial charge in [-0.2, -0.15) is 0 Å². The summed E-state index contributed by atoms with van der Waals surface area (Å²) in [6, 6.07) is 6.13. The third-order valence-electron chi connectivity index (χ3n) is 3.76. The molecule has 1 aliphatic rings. The summed E-state index contributed by atoms with van der Waals surface area (Å²) in [4.78, 5) is 12.2. The van der Waals surface area contributed by atoms with Crippen molar-refractivity contribution in [3.05, 3.63) is 29.3 Å². The SMILES string of the molecule is Cc1ccc(CNC(=O)C2CCCNC2)c(OC(C)(C)C)c1. The largest absolute Gasteiger partial charge is 0.488 e. The number of piperidine rings is 1. The Morgan fingerprint density at radius 1 is 1.41 bits per heavy atom. The number of hydrogen-bond acceptors (Lipinski definition) is 3. The molecule has 1 aromatic rings. The zero-order valence-electron chi connectivity index (χ0n) is 14.2. The van der Waals surface area contributed by atoms with E-state index in [1.54, 1.807) is 0 Å². The van der Waals surface area contributed by atoms with Gasteiger partial charge < -0.3 is 15.4 Å². The van der Waals surface area contributed by atoms with Gasteiger partial charge in [-0.25, -0.2) is 0 Å². The maximum absolute atomic E-state index is 12.2. The molecule has 0 saturated carbocycles. The molecule has 1 fully saturated rings. The van der Waals surface area contributed by atoms with Crippen molar-refractivity contribution in [2.45, 2.75) is 52.7 Å². The zero-order valence-corrected chi connectivity index (χ0v) is 14.2. The Morgan fingerprint density at radius 2 is 2.18 bits per heavy atom. The monoisotopic (exact) mass is 304 g/mol. The Balaban J connectivity index is 2.01. The summed E-state index contributed by atoms with van der Waals surface area (Å²) < 4.78 is 6.03. The lowest BCUT2D eigenvalue weighted by Crippen LogP contribution is -2.40. The molecular weight excluding hydrogens is 276 g/mol. The van der Waals surface area contributed by atoms with Gasteiger partial charge in [0, 0.05) is 18.7 Å². The summed E-state index contributed by atoms with van der Waals surface area (Å²) >= 11 is 0. The fourth-order valence-corrected chi connectivity index (χ4v) is 2.63. The highest BCUT2D eigenvalue weighted by Gasteiger charge is 2.21. The predicted octanol–water partition coefficient (Wildman–Crippen LogP) is 2.79. The second-order valence-corrected chi connectivity index (χ2v) is 7.09. The number of hydrogen-bond donors (Lipinski definition) is 2. The van der Waals surface area contributed by atoms with Crippen LogP contribution in [0.2, 0.25) is 0 Å². The van der Waals surface area contributed by atoms with E-state index >= 15 is 0 Å². The van der Waals surface area contributed by atoms with Crippen LogP contribution in [0.4, 0.5) is 0 Å². The molecule has 4 nitrogen and oxygen atoms in total. The normalized spacial score (nSPS) is 18.8. The lowest BCUT2D eigenvalue weighted by Gasteiger charge is -2.25. The van der Waals surface area contributed by atoms with Gasteiger partial charge in [0.15, 0.2) is 0 Å². The first-order chi connectivity index (χ1) is 10.3. The van der Waals surface area contributed by atoms with E-state index in [2.05, 4.69) is 16.7 Å². The van der Waals surface area contributed by atoms with Crippen LogP contribution in [0.3, 0.4) is 0 Å². The summed E-state index contributed by atoms with van der Waals surface area (Å²) in [5.41, 5.74) is 1.93. The van der Waals surface area contributed by atoms with Gasteiger partial charge in [0.05, 0.1) is 5.92 Å². The number of nitrogens with one attached hydrogen (secondary N) is 2. The average molecular weight is 304 g/mol. The van der Waals surface area contributed by atoms with Crippen molar-refractivity contribution < 1.29 is 9.53 Å². The Hall–Kier alpha value is -1.55. The van der Waals surface area contributed by atoms with Gasteiger partial charge in [-0.3, -0.25) is 4.79 Å². The highest BCUT2D eigenvalue weighted by molar-refractivity contribution is 5.79. The van der Waals surface area contributed by atoms with Crippen molar-refractivity contribution >= 4 is 5.91 Å². The van der Waals surface area contributed by atoms with Gasteiger partial charge in [-0.1, -0.05) is 12.1 Å². The predicted molar refractivity (Wildman–Crippen MR) is 89.0 cm³/mol. The number of carbonyl (C=O) groups is 1. The number of ether oxygens (including phenoxy) is 1. The van der Waals surface area contributed by atoms with Crippen LogP contribution in [-0.2, 0) is 11.3 Å². The van der Waals surface area contributed by atoms with E-state index in [-0.39, 0.29) is 17.4 Å². The van der Waals surface area contributed by atoms with Crippen molar-refractivity contribution in [3.63, 3.8) is 0 Å². The fraction of sp³-hybridized carbons (Fsp3) is 0.611. The molecule has 0 aromatic heterocycles. The number of rotatable bonds is 4. The molecule has 1 aromatic carbocycles. The molecule has 2 rings (SSSR count). The van der Waals surface area contributed by atoms with Crippen molar-refractivity contribution in [3.8, 4) is 5.75 Å². The van der Waals surface area contributed by atoms with E-state index < -0.39 is 0 Å². The standard InChI is InChI=1S/C18H28N2O2/c1-13-7-8-14(16(10-13)22-18(2,3)4)12-20-17(21)15-6-5-9-19-11-15/h7-8,10,15,19H,5-6,9,11-12H2,1-4H3,(H,20,21). The van der Waals surface area contributed by atoms with Crippen LogP contribution in [0.25, 0.3) is 0 Å². The lowest BCUT2D eigenvalue weighted by molar-refractivity contribution is -0.125. The van der Waals surface area contributed by atoms with Gasteiger partial charge in [0.25, 0.3) is 0 Å². The third-order valence-corrected chi connectivity index (χ3v) is 3.76. The fourth-order valence-electron chi connectivity index (χ4n) is 2.63. The van der Waals surface area contributed by atoms with E-state index in [9.17, 15) is 4.79 Å². The topological polar surface area (TPSA) is 50.4 Å². The van der Waals surface area contributed by atoms with Crippen LogP contribution < -0.4 is 15.4 Å². The van der Waals surface area contributed by atoms with Crippen molar-refractivity contribution in [1.82, 2.24) is 10.6 Å². The van der Waals surface area contributed by atoms with Crippen molar-refractivity contribution in [2.75, 3.05) is 13.1 Å². The van der Waals surface area contributed by atoms with Gasteiger partial charge in [-0.15, -0.1) is 0 Å². The molecule has 0 aliphatic carbocycles. The first-order valence-electron chi connectivity index (χ1n) is 8.12. The molecule has 22 heavy (non-hydrogen) atoms. The third kappa shape index (κ3) is 5.02. The average Bonchev–Trinajstić information content (AvgIpc) is 2.45. The molecule has 1 heterocycles. The van der Waals surface area contributed by atoms with Gasteiger partial charge >= 0.3 is 0 Å². The maximum Gasteiger partial charge on any atom is 0.224 e. The quantitative estimate of drug-likeness (QED) is 0.899. The minimum atomic E-state index is -0.250. The highest BCUT2D eigenvalue weighted by atomic mass is 16.5. The molecule has 1 unspecified atom stereocenters.